The van der Waals surface area contributed by atoms with Crippen LogP contribution < -0.4 is 0 Å². The highest BCUT2D eigenvalue weighted by molar-refractivity contribution is 6.71. The molecule has 1 saturated carbocycles. The largest absolute Gasteiger partial charge is 0.415 e. The number of ether oxygens (including phenoxy) is 1. The third kappa shape index (κ3) is 3.01. The predicted octanol–water partition coefficient (Wildman–Crippen LogP) is 3.21. The van der Waals surface area contributed by atoms with Gasteiger partial charge in [-0.25, -0.2) is 0 Å². The van der Waals surface area contributed by atoms with Gasteiger partial charge < -0.3 is 9.16 Å². The molecule has 0 radical (unpaired) electrons. The topological polar surface area (TPSA) is 21.8 Å². The van der Waals surface area contributed by atoms with Crippen LogP contribution in [0.3, 0.4) is 0 Å². The molecule has 1 saturated heterocycles. The van der Waals surface area contributed by atoms with Crippen LogP contribution in [-0.2, 0) is 9.16 Å². The molecule has 0 N–H and O–H groups in total. The van der Waals surface area contributed by atoms with Crippen LogP contribution in [0.25, 0.3) is 0 Å². The number of hydrogen-bond acceptors (Lipinski definition) is 2. The summed E-state index contributed by atoms with van der Waals surface area (Å²) in [6.45, 7) is 6.48. The lowest BCUT2D eigenvalue weighted by Gasteiger charge is -2.26. The monoisotopic (exact) mass is 252 g/mol. The SMILES string of the molecule is C[Si](C)(CCC1CC2C=C[C@@H]1C2)OCC1CO1. The highest BCUT2D eigenvalue weighted by Gasteiger charge is 2.37. The van der Waals surface area contributed by atoms with Crippen LogP contribution in [0.4, 0.5) is 0 Å². The molecule has 0 aromatic carbocycles. The standard InChI is InChI=1S/C14H24O2Si/c1-17(2,16-10-14-9-15-14)6-5-13-8-11-3-4-12(13)7-11/h3-4,11-14H,5-10H2,1-2H3/t11?,12-,13?,14?/m1/s1. The third-order valence-electron chi connectivity index (χ3n) is 4.60. The zero-order valence-electron chi connectivity index (χ0n) is 11.0. The molecule has 3 unspecified atom stereocenters. The second kappa shape index (κ2) is 4.52. The molecule has 96 valence electrons. The summed E-state index contributed by atoms with van der Waals surface area (Å²) >= 11 is 0. The smallest absolute Gasteiger partial charge is 0.186 e. The van der Waals surface area contributed by atoms with Crippen LogP contribution in [0.5, 0.6) is 0 Å². The van der Waals surface area contributed by atoms with Crippen molar-refractivity contribution in [1.29, 1.82) is 0 Å². The number of hydrogen-bond donors (Lipinski definition) is 0. The molecular weight excluding hydrogens is 228 g/mol. The van der Waals surface area contributed by atoms with Gasteiger partial charge in [-0.2, -0.15) is 0 Å². The van der Waals surface area contributed by atoms with Gasteiger partial charge in [-0.1, -0.05) is 18.6 Å². The third-order valence-corrected chi connectivity index (χ3v) is 7.04. The first-order valence-electron chi connectivity index (χ1n) is 7.06. The Kier molecular flexibility index (Phi) is 3.18. The summed E-state index contributed by atoms with van der Waals surface area (Å²) < 4.78 is 11.3. The van der Waals surface area contributed by atoms with E-state index in [9.17, 15) is 0 Å². The lowest BCUT2D eigenvalue weighted by atomic mass is 9.91. The molecule has 2 aliphatic carbocycles. The first kappa shape index (κ1) is 11.9. The molecule has 0 spiro atoms. The van der Waals surface area contributed by atoms with E-state index < -0.39 is 8.32 Å². The van der Waals surface area contributed by atoms with E-state index in [0.29, 0.717) is 6.10 Å². The molecule has 17 heavy (non-hydrogen) atoms. The normalized spacial score (nSPS) is 38.9. The van der Waals surface area contributed by atoms with E-state index in [2.05, 4.69) is 25.2 Å². The average molecular weight is 252 g/mol. The number of fused-ring (bicyclic) bond motifs is 2. The van der Waals surface area contributed by atoms with E-state index in [1.807, 2.05) is 0 Å². The fourth-order valence-electron chi connectivity index (χ4n) is 3.31. The zero-order chi connectivity index (χ0) is 11.9. The quantitative estimate of drug-likeness (QED) is 0.411. The Labute approximate surface area is 106 Å². The van der Waals surface area contributed by atoms with Crippen molar-refractivity contribution in [2.75, 3.05) is 13.2 Å². The van der Waals surface area contributed by atoms with Crippen molar-refractivity contribution >= 4 is 8.32 Å². The highest BCUT2D eigenvalue weighted by atomic mass is 28.4. The minimum atomic E-state index is -1.43. The Morgan fingerprint density at radius 3 is 2.71 bits per heavy atom. The summed E-state index contributed by atoms with van der Waals surface area (Å²) in [7, 11) is -1.43. The minimum absolute atomic E-state index is 0.423. The molecule has 3 aliphatic rings. The number of epoxide rings is 1. The van der Waals surface area contributed by atoms with Crippen LogP contribution in [0.1, 0.15) is 19.3 Å². The predicted molar refractivity (Wildman–Crippen MR) is 71.4 cm³/mol. The number of rotatable bonds is 6. The Bertz CT molecular complexity index is 309. The maximum absolute atomic E-state index is 6.09. The summed E-state index contributed by atoms with van der Waals surface area (Å²) in [5.74, 6) is 2.77. The van der Waals surface area contributed by atoms with Crippen molar-refractivity contribution in [3.8, 4) is 0 Å². The van der Waals surface area contributed by atoms with Crippen LogP contribution in [-0.4, -0.2) is 27.6 Å². The average Bonchev–Trinajstić information content (AvgIpc) is 2.90. The van der Waals surface area contributed by atoms with E-state index >= 15 is 0 Å². The van der Waals surface area contributed by atoms with E-state index in [1.54, 1.807) is 0 Å². The fourth-order valence-corrected chi connectivity index (χ4v) is 5.16. The first-order chi connectivity index (χ1) is 8.12. The zero-order valence-corrected chi connectivity index (χ0v) is 12.0. The van der Waals surface area contributed by atoms with Gasteiger partial charge in [-0.15, -0.1) is 0 Å². The van der Waals surface area contributed by atoms with Crippen molar-refractivity contribution < 1.29 is 9.16 Å². The molecule has 1 heterocycles. The van der Waals surface area contributed by atoms with Gasteiger partial charge in [-0.05, 0) is 49.7 Å². The summed E-state index contributed by atoms with van der Waals surface area (Å²) in [6.07, 6.45) is 9.58. The van der Waals surface area contributed by atoms with Crippen molar-refractivity contribution in [3.63, 3.8) is 0 Å². The molecule has 0 amide bonds. The molecule has 3 rings (SSSR count). The highest BCUT2D eigenvalue weighted by Crippen LogP contribution is 2.46. The molecular formula is C14H24O2Si. The van der Waals surface area contributed by atoms with Gasteiger partial charge in [-0.3, -0.25) is 0 Å². The molecule has 4 atom stereocenters. The van der Waals surface area contributed by atoms with Crippen molar-refractivity contribution in [2.24, 2.45) is 17.8 Å². The maximum atomic E-state index is 6.09. The lowest BCUT2D eigenvalue weighted by Crippen LogP contribution is -2.32. The van der Waals surface area contributed by atoms with E-state index in [0.717, 1.165) is 31.0 Å². The molecule has 1 aliphatic heterocycles. The Morgan fingerprint density at radius 2 is 2.12 bits per heavy atom. The minimum Gasteiger partial charge on any atom is -0.415 e. The molecule has 2 bridgehead atoms. The second-order valence-electron chi connectivity index (χ2n) is 6.61. The molecule has 0 aromatic rings. The molecule has 3 heteroatoms. The summed E-state index contributed by atoms with van der Waals surface area (Å²) in [6, 6.07) is 1.32. The van der Waals surface area contributed by atoms with Gasteiger partial charge in [0.15, 0.2) is 8.32 Å². The van der Waals surface area contributed by atoms with Crippen molar-refractivity contribution in [1.82, 2.24) is 0 Å². The maximum Gasteiger partial charge on any atom is 0.186 e. The fraction of sp³-hybridized carbons (Fsp3) is 0.857. The molecule has 0 aromatic heterocycles. The summed E-state index contributed by atoms with van der Waals surface area (Å²) in [4.78, 5) is 0. The van der Waals surface area contributed by atoms with Crippen LogP contribution in [0.2, 0.25) is 19.1 Å². The molecule has 2 nitrogen and oxygen atoms in total. The lowest BCUT2D eigenvalue weighted by molar-refractivity contribution is 0.252. The van der Waals surface area contributed by atoms with Gasteiger partial charge in [0.05, 0.1) is 13.2 Å². The first-order valence-corrected chi connectivity index (χ1v) is 10.2. The van der Waals surface area contributed by atoms with Crippen LogP contribution in [0, 0.1) is 17.8 Å². The van der Waals surface area contributed by atoms with Gasteiger partial charge in [0.1, 0.15) is 6.10 Å². The van der Waals surface area contributed by atoms with Crippen molar-refractivity contribution in [3.05, 3.63) is 12.2 Å². The van der Waals surface area contributed by atoms with E-state index in [1.165, 1.54) is 25.3 Å². The van der Waals surface area contributed by atoms with Gasteiger partial charge in [0.2, 0.25) is 0 Å². The number of allylic oxidation sites excluding steroid dienone is 2. The summed E-state index contributed by atoms with van der Waals surface area (Å²) in [5, 5.41) is 0. The second-order valence-corrected chi connectivity index (χ2v) is 10.9. The van der Waals surface area contributed by atoms with Gasteiger partial charge in [0.25, 0.3) is 0 Å². The Morgan fingerprint density at radius 1 is 1.29 bits per heavy atom. The van der Waals surface area contributed by atoms with Crippen molar-refractivity contribution in [2.45, 2.75) is 44.5 Å². The Balaban J connectivity index is 1.41. The van der Waals surface area contributed by atoms with Gasteiger partial charge in [0, 0.05) is 0 Å². The summed E-state index contributed by atoms with van der Waals surface area (Å²) in [5.41, 5.74) is 0. The van der Waals surface area contributed by atoms with Crippen LogP contribution >= 0.6 is 0 Å². The van der Waals surface area contributed by atoms with Gasteiger partial charge >= 0.3 is 0 Å². The van der Waals surface area contributed by atoms with E-state index in [4.69, 9.17) is 9.16 Å². The van der Waals surface area contributed by atoms with E-state index in [-0.39, 0.29) is 0 Å². The molecule has 2 fully saturated rings. The van der Waals surface area contributed by atoms with Crippen LogP contribution in [0.15, 0.2) is 12.2 Å². The Hall–Kier alpha value is -0.123.